The minimum Gasteiger partial charge on any atom is -0.479 e. The first-order valence-electron chi connectivity index (χ1n) is 9.94. The van der Waals surface area contributed by atoms with E-state index >= 15 is 0 Å². The molecule has 0 aromatic heterocycles. The monoisotopic (exact) mass is 394 g/mol. The van der Waals surface area contributed by atoms with Crippen LogP contribution in [0.1, 0.15) is 39.2 Å². The van der Waals surface area contributed by atoms with Crippen molar-refractivity contribution in [2.45, 2.75) is 64.9 Å². The highest BCUT2D eigenvalue weighted by molar-refractivity contribution is 6.32. The molecule has 0 radical (unpaired) electrons. The van der Waals surface area contributed by atoms with Crippen LogP contribution in [0, 0.1) is 6.92 Å². The molecule has 0 saturated carbocycles. The van der Waals surface area contributed by atoms with Crippen molar-refractivity contribution in [1.29, 1.82) is 0 Å². The first-order valence-corrected chi connectivity index (χ1v) is 10.3. The van der Waals surface area contributed by atoms with E-state index in [1.54, 1.807) is 0 Å². The van der Waals surface area contributed by atoms with Gasteiger partial charge in [-0.25, -0.2) is 0 Å². The number of halogens is 1. The normalized spacial score (nSPS) is 27.6. The molecule has 0 bridgehead atoms. The van der Waals surface area contributed by atoms with Gasteiger partial charge in [0.05, 0.1) is 17.2 Å². The van der Waals surface area contributed by atoms with Crippen LogP contribution >= 0.6 is 11.6 Å². The Hall–Kier alpha value is -1.30. The van der Waals surface area contributed by atoms with Gasteiger partial charge in [0.1, 0.15) is 5.75 Å². The van der Waals surface area contributed by atoms with Crippen molar-refractivity contribution in [3.63, 3.8) is 0 Å². The highest BCUT2D eigenvalue weighted by Gasteiger charge is 2.35. The Morgan fingerprint density at radius 1 is 1.33 bits per heavy atom. The van der Waals surface area contributed by atoms with Gasteiger partial charge in [-0.05, 0) is 58.2 Å². The first-order chi connectivity index (χ1) is 12.8. The molecular weight excluding hydrogens is 364 g/mol. The molecule has 1 aromatic carbocycles. The minimum atomic E-state index is -0.549. The van der Waals surface area contributed by atoms with Gasteiger partial charge in [0.15, 0.2) is 6.10 Å². The first kappa shape index (κ1) is 20.4. The fraction of sp³-hybridized carbons (Fsp3) is 0.667. The van der Waals surface area contributed by atoms with E-state index in [-0.39, 0.29) is 24.2 Å². The summed E-state index contributed by atoms with van der Waals surface area (Å²) in [6, 6.07) is 5.86. The van der Waals surface area contributed by atoms with E-state index in [2.05, 4.69) is 18.7 Å². The highest BCUT2D eigenvalue weighted by atomic mass is 35.5. The van der Waals surface area contributed by atoms with E-state index in [9.17, 15) is 4.79 Å². The zero-order valence-corrected chi connectivity index (χ0v) is 17.5. The molecule has 27 heavy (non-hydrogen) atoms. The molecule has 3 rings (SSSR count). The number of benzene rings is 1. The molecule has 0 spiro atoms. The van der Waals surface area contributed by atoms with Crippen LogP contribution in [0.2, 0.25) is 5.02 Å². The second-order valence-electron chi connectivity index (χ2n) is 8.00. The van der Waals surface area contributed by atoms with E-state index in [0.717, 1.165) is 44.6 Å². The van der Waals surface area contributed by atoms with Gasteiger partial charge in [-0.1, -0.05) is 17.7 Å². The van der Waals surface area contributed by atoms with Crippen LogP contribution in [0.15, 0.2) is 18.2 Å². The molecule has 2 saturated heterocycles. The standard InChI is InChI=1S/C21H31ClN2O3/c1-14-7-8-19(22)20(10-14)27-17(4)21(25)24-9-5-6-18(24)13-23-11-15(2)26-16(3)12-23/h7-8,10,15-18H,5-6,9,11-13H2,1-4H3. The van der Waals surface area contributed by atoms with Crippen molar-refractivity contribution in [2.75, 3.05) is 26.2 Å². The maximum atomic E-state index is 13.0. The Morgan fingerprint density at radius 2 is 2.04 bits per heavy atom. The Bertz CT molecular complexity index is 659. The van der Waals surface area contributed by atoms with E-state index in [4.69, 9.17) is 21.1 Å². The Kier molecular flexibility index (Phi) is 6.66. The largest absolute Gasteiger partial charge is 0.479 e. The number of nitrogens with zero attached hydrogens (tertiary/aromatic N) is 2. The van der Waals surface area contributed by atoms with Gasteiger partial charge >= 0.3 is 0 Å². The van der Waals surface area contributed by atoms with Crippen molar-refractivity contribution < 1.29 is 14.3 Å². The zero-order valence-electron chi connectivity index (χ0n) is 16.8. The second-order valence-corrected chi connectivity index (χ2v) is 8.40. The maximum Gasteiger partial charge on any atom is 0.263 e. The van der Waals surface area contributed by atoms with Crippen molar-refractivity contribution >= 4 is 17.5 Å². The molecule has 4 unspecified atom stereocenters. The summed E-state index contributed by atoms with van der Waals surface area (Å²) in [7, 11) is 0. The van der Waals surface area contributed by atoms with Gasteiger partial charge in [-0.3, -0.25) is 9.69 Å². The topological polar surface area (TPSA) is 42.0 Å². The number of carbonyl (C=O) groups excluding carboxylic acids is 1. The van der Waals surface area contributed by atoms with Gasteiger partial charge in [0, 0.05) is 32.2 Å². The molecule has 0 N–H and O–H groups in total. The van der Waals surface area contributed by atoms with Crippen molar-refractivity contribution in [3.05, 3.63) is 28.8 Å². The number of hydrogen-bond donors (Lipinski definition) is 0. The summed E-state index contributed by atoms with van der Waals surface area (Å²) >= 11 is 6.22. The lowest BCUT2D eigenvalue weighted by atomic mass is 10.1. The van der Waals surface area contributed by atoms with Crippen LogP contribution in [0.5, 0.6) is 5.75 Å². The fourth-order valence-corrected chi connectivity index (χ4v) is 4.38. The zero-order chi connectivity index (χ0) is 19.6. The number of carbonyl (C=O) groups is 1. The Labute approximate surface area is 167 Å². The third-order valence-corrected chi connectivity index (χ3v) is 5.67. The molecule has 2 fully saturated rings. The number of amides is 1. The quantitative estimate of drug-likeness (QED) is 0.766. The number of aryl methyl sites for hydroxylation is 1. The van der Waals surface area contributed by atoms with Gasteiger partial charge in [0.25, 0.3) is 5.91 Å². The summed E-state index contributed by atoms with van der Waals surface area (Å²) in [5.41, 5.74) is 1.06. The lowest BCUT2D eigenvalue weighted by molar-refractivity contribution is -0.139. The van der Waals surface area contributed by atoms with Crippen molar-refractivity contribution in [1.82, 2.24) is 9.80 Å². The highest BCUT2D eigenvalue weighted by Crippen LogP contribution is 2.28. The number of likely N-dealkylation sites (tertiary alicyclic amines) is 1. The smallest absolute Gasteiger partial charge is 0.263 e. The van der Waals surface area contributed by atoms with Gasteiger partial charge in [-0.15, -0.1) is 0 Å². The van der Waals surface area contributed by atoms with Crippen molar-refractivity contribution in [3.8, 4) is 5.75 Å². The molecule has 1 aromatic rings. The second kappa shape index (κ2) is 8.80. The summed E-state index contributed by atoms with van der Waals surface area (Å²) in [5, 5.41) is 0.537. The summed E-state index contributed by atoms with van der Waals surface area (Å²) in [6.45, 7) is 11.6. The van der Waals surface area contributed by atoms with Crippen LogP contribution in [-0.2, 0) is 9.53 Å². The number of hydrogen-bond acceptors (Lipinski definition) is 4. The average molecular weight is 395 g/mol. The maximum absolute atomic E-state index is 13.0. The molecule has 1 amide bonds. The number of morpholine rings is 1. The molecule has 150 valence electrons. The van der Waals surface area contributed by atoms with Crippen LogP contribution < -0.4 is 4.74 Å². The molecule has 2 aliphatic rings. The van der Waals surface area contributed by atoms with Gasteiger partial charge in [0.2, 0.25) is 0 Å². The van der Waals surface area contributed by atoms with E-state index in [1.165, 1.54) is 0 Å². The summed E-state index contributed by atoms with van der Waals surface area (Å²) in [4.78, 5) is 17.5. The minimum absolute atomic E-state index is 0.0458. The number of rotatable bonds is 5. The van der Waals surface area contributed by atoms with Gasteiger partial charge < -0.3 is 14.4 Å². The molecular formula is C21H31ClN2O3. The van der Waals surface area contributed by atoms with Crippen molar-refractivity contribution in [2.24, 2.45) is 0 Å². The molecule has 5 nitrogen and oxygen atoms in total. The van der Waals surface area contributed by atoms with Crippen LogP contribution in [-0.4, -0.2) is 66.2 Å². The Morgan fingerprint density at radius 3 is 2.74 bits per heavy atom. The fourth-order valence-electron chi connectivity index (χ4n) is 4.22. The van der Waals surface area contributed by atoms with E-state index in [0.29, 0.717) is 10.8 Å². The molecule has 4 atom stereocenters. The third kappa shape index (κ3) is 5.15. The molecule has 6 heteroatoms. The van der Waals surface area contributed by atoms with E-state index in [1.807, 2.05) is 36.9 Å². The summed E-state index contributed by atoms with van der Waals surface area (Å²) < 4.78 is 11.7. The Balaban J connectivity index is 1.61. The predicted molar refractivity (Wildman–Crippen MR) is 107 cm³/mol. The summed E-state index contributed by atoms with van der Waals surface area (Å²) in [6.07, 6.45) is 2.02. The molecule has 2 aliphatic heterocycles. The van der Waals surface area contributed by atoms with Gasteiger partial charge in [-0.2, -0.15) is 0 Å². The SMILES string of the molecule is Cc1ccc(Cl)c(OC(C)C(=O)N2CCCC2CN2CC(C)OC(C)C2)c1. The van der Waals surface area contributed by atoms with Crippen LogP contribution in [0.4, 0.5) is 0 Å². The number of ether oxygens (including phenoxy) is 2. The lowest BCUT2D eigenvalue weighted by Gasteiger charge is -2.38. The van der Waals surface area contributed by atoms with Crippen LogP contribution in [0.25, 0.3) is 0 Å². The van der Waals surface area contributed by atoms with E-state index < -0.39 is 6.10 Å². The molecule has 2 heterocycles. The van der Waals surface area contributed by atoms with Crippen LogP contribution in [0.3, 0.4) is 0 Å². The predicted octanol–water partition coefficient (Wildman–Crippen LogP) is 3.52. The molecule has 0 aliphatic carbocycles. The summed E-state index contributed by atoms with van der Waals surface area (Å²) in [5.74, 6) is 0.619. The lowest BCUT2D eigenvalue weighted by Crippen LogP contribution is -2.52. The third-order valence-electron chi connectivity index (χ3n) is 5.36. The average Bonchev–Trinajstić information content (AvgIpc) is 3.04.